The van der Waals surface area contributed by atoms with Gasteiger partial charge in [0.15, 0.2) is 0 Å². The first kappa shape index (κ1) is 22.6. The Balaban J connectivity index is 1.46. The van der Waals surface area contributed by atoms with Crippen molar-refractivity contribution >= 4 is 21.9 Å². The summed E-state index contributed by atoms with van der Waals surface area (Å²) in [6, 6.07) is 37.2. The molecule has 6 rings (SSSR count). The van der Waals surface area contributed by atoms with E-state index in [9.17, 15) is 4.79 Å². The van der Waals surface area contributed by atoms with E-state index in [1.807, 2.05) is 109 Å². The zero-order valence-electron chi connectivity index (χ0n) is 20.3. The number of ether oxygens (including phenoxy) is 2. The first-order valence-corrected chi connectivity index (χ1v) is 12.1. The summed E-state index contributed by atoms with van der Waals surface area (Å²) in [5.74, 6) is 1.56. The molecule has 0 fully saturated rings. The molecule has 0 aliphatic heterocycles. The lowest BCUT2D eigenvalue weighted by molar-refractivity contribution is 0.306. The maximum absolute atomic E-state index is 13.4. The highest BCUT2D eigenvalue weighted by Gasteiger charge is 2.15. The Bertz CT molecular complexity index is 1750. The second-order valence-corrected chi connectivity index (χ2v) is 8.85. The Morgan fingerprint density at radius 1 is 0.622 bits per heavy atom. The van der Waals surface area contributed by atoms with Gasteiger partial charge in [-0.3, -0.25) is 4.79 Å². The minimum atomic E-state index is -0.0391. The first-order chi connectivity index (χ1) is 18.2. The zero-order valence-corrected chi connectivity index (χ0v) is 20.3. The van der Waals surface area contributed by atoms with Gasteiger partial charge in [0.05, 0.1) is 17.9 Å². The predicted molar refractivity (Wildman–Crippen MR) is 148 cm³/mol. The van der Waals surface area contributed by atoms with E-state index in [2.05, 4.69) is 0 Å². The number of methoxy groups -OCH3 is 1. The number of hydrogen-bond donors (Lipinski definition) is 0. The van der Waals surface area contributed by atoms with E-state index in [-0.39, 0.29) is 5.43 Å². The van der Waals surface area contributed by atoms with E-state index in [4.69, 9.17) is 13.9 Å². The van der Waals surface area contributed by atoms with Crippen LogP contribution in [0.2, 0.25) is 0 Å². The second kappa shape index (κ2) is 9.67. The Morgan fingerprint density at radius 3 is 1.95 bits per heavy atom. The lowest BCUT2D eigenvalue weighted by Gasteiger charge is -2.14. The van der Waals surface area contributed by atoms with E-state index in [1.54, 1.807) is 13.2 Å². The molecule has 0 atom stereocenters. The summed E-state index contributed by atoms with van der Waals surface area (Å²) >= 11 is 0. The summed E-state index contributed by atoms with van der Waals surface area (Å²) < 4.78 is 17.5. The summed E-state index contributed by atoms with van der Waals surface area (Å²) in [4.78, 5) is 13.4. The van der Waals surface area contributed by atoms with Crippen molar-refractivity contribution in [3.05, 3.63) is 131 Å². The van der Waals surface area contributed by atoms with Crippen molar-refractivity contribution in [1.29, 1.82) is 0 Å². The van der Waals surface area contributed by atoms with Crippen LogP contribution in [0.15, 0.2) is 124 Å². The lowest BCUT2D eigenvalue weighted by atomic mass is 9.92. The summed E-state index contributed by atoms with van der Waals surface area (Å²) in [6.07, 6.45) is 0. The van der Waals surface area contributed by atoms with Crippen LogP contribution in [0.3, 0.4) is 0 Å². The number of hydrogen-bond acceptors (Lipinski definition) is 4. The van der Waals surface area contributed by atoms with E-state index in [1.165, 1.54) is 0 Å². The predicted octanol–water partition coefficient (Wildman–Crippen LogP) is 7.87. The van der Waals surface area contributed by atoms with Crippen LogP contribution in [0.4, 0.5) is 0 Å². The molecule has 4 heteroatoms. The van der Waals surface area contributed by atoms with E-state index in [0.717, 1.165) is 39.3 Å². The van der Waals surface area contributed by atoms with Gasteiger partial charge >= 0.3 is 0 Å². The topological polar surface area (TPSA) is 48.7 Å². The van der Waals surface area contributed by atoms with Crippen LogP contribution in [0, 0.1) is 0 Å². The molecule has 0 unspecified atom stereocenters. The third-order valence-corrected chi connectivity index (χ3v) is 6.53. The molecule has 0 spiro atoms. The van der Waals surface area contributed by atoms with Gasteiger partial charge in [0.1, 0.15) is 29.3 Å². The number of rotatable bonds is 6. The highest BCUT2D eigenvalue weighted by atomic mass is 16.5. The first-order valence-electron chi connectivity index (χ1n) is 12.1. The maximum atomic E-state index is 13.4. The van der Waals surface area contributed by atoms with Crippen LogP contribution in [-0.2, 0) is 6.61 Å². The molecule has 0 amide bonds. The van der Waals surface area contributed by atoms with Gasteiger partial charge in [-0.1, -0.05) is 66.7 Å². The van der Waals surface area contributed by atoms with Crippen LogP contribution in [0.25, 0.3) is 44.2 Å². The molecule has 0 aliphatic rings. The summed E-state index contributed by atoms with van der Waals surface area (Å²) in [5, 5.41) is 1.12. The van der Waals surface area contributed by atoms with Crippen molar-refractivity contribution in [3.63, 3.8) is 0 Å². The molecule has 0 aliphatic carbocycles. The van der Waals surface area contributed by atoms with Gasteiger partial charge in [-0.15, -0.1) is 0 Å². The SMILES string of the molecule is COc1ccc(-c2cc3c(=O)c4ccccc4oc3cc2-c2ccc(OCc3ccccc3)cc2)cc1. The summed E-state index contributed by atoms with van der Waals surface area (Å²) in [7, 11) is 1.65. The molecular weight excluding hydrogens is 460 g/mol. The van der Waals surface area contributed by atoms with Gasteiger partial charge in [-0.2, -0.15) is 0 Å². The van der Waals surface area contributed by atoms with Crippen molar-refractivity contribution < 1.29 is 13.9 Å². The van der Waals surface area contributed by atoms with Crippen LogP contribution >= 0.6 is 0 Å². The Hall–Kier alpha value is -4.83. The average molecular weight is 485 g/mol. The van der Waals surface area contributed by atoms with Crippen molar-refractivity contribution in [3.8, 4) is 33.8 Å². The monoisotopic (exact) mass is 484 g/mol. The average Bonchev–Trinajstić information content (AvgIpc) is 2.96. The van der Waals surface area contributed by atoms with Crippen molar-refractivity contribution in [1.82, 2.24) is 0 Å². The fourth-order valence-corrected chi connectivity index (χ4v) is 4.57. The van der Waals surface area contributed by atoms with Crippen molar-refractivity contribution in [2.24, 2.45) is 0 Å². The Morgan fingerprint density at radius 2 is 1.24 bits per heavy atom. The molecule has 1 heterocycles. The van der Waals surface area contributed by atoms with Gasteiger partial charge in [-0.05, 0) is 76.3 Å². The van der Waals surface area contributed by atoms with Gasteiger partial charge in [0.25, 0.3) is 0 Å². The number of fused-ring (bicyclic) bond motifs is 2. The smallest absolute Gasteiger partial charge is 0.200 e. The van der Waals surface area contributed by atoms with Crippen LogP contribution in [0.1, 0.15) is 5.56 Å². The Labute approximate surface area is 214 Å². The third-order valence-electron chi connectivity index (χ3n) is 6.53. The molecule has 37 heavy (non-hydrogen) atoms. The molecular formula is C33H24O4. The molecule has 5 aromatic carbocycles. The largest absolute Gasteiger partial charge is 0.497 e. The normalized spacial score (nSPS) is 11.1. The van der Waals surface area contributed by atoms with E-state index in [0.29, 0.717) is 28.5 Å². The quantitative estimate of drug-likeness (QED) is 0.226. The molecule has 1 aromatic heterocycles. The molecule has 0 saturated heterocycles. The molecule has 4 nitrogen and oxygen atoms in total. The standard InChI is InChI=1S/C33H24O4/c1-35-25-15-11-23(12-16-25)28-19-30-32(37-31-10-6-5-9-27(31)33(30)34)20-29(28)24-13-17-26(18-14-24)36-21-22-7-3-2-4-8-22/h2-20H,21H2,1H3. The van der Waals surface area contributed by atoms with Crippen LogP contribution in [0.5, 0.6) is 11.5 Å². The summed E-state index contributed by atoms with van der Waals surface area (Å²) in [5.41, 5.74) is 6.09. The number of benzene rings is 5. The van der Waals surface area contributed by atoms with E-state index >= 15 is 0 Å². The van der Waals surface area contributed by atoms with Gasteiger partial charge in [-0.25, -0.2) is 0 Å². The lowest BCUT2D eigenvalue weighted by Crippen LogP contribution is -2.03. The second-order valence-electron chi connectivity index (χ2n) is 8.85. The number of para-hydroxylation sites is 1. The van der Waals surface area contributed by atoms with Gasteiger partial charge in [0, 0.05) is 0 Å². The van der Waals surface area contributed by atoms with Crippen LogP contribution in [-0.4, -0.2) is 7.11 Å². The van der Waals surface area contributed by atoms with E-state index < -0.39 is 0 Å². The molecule has 0 N–H and O–H groups in total. The maximum Gasteiger partial charge on any atom is 0.200 e. The summed E-state index contributed by atoms with van der Waals surface area (Å²) in [6.45, 7) is 0.505. The molecule has 180 valence electrons. The molecule has 0 saturated carbocycles. The van der Waals surface area contributed by atoms with Gasteiger partial charge < -0.3 is 13.9 Å². The molecule has 0 radical (unpaired) electrons. The minimum Gasteiger partial charge on any atom is -0.497 e. The van der Waals surface area contributed by atoms with Gasteiger partial charge in [0.2, 0.25) is 5.43 Å². The molecule has 6 aromatic rings. The highest BCUT2D eigenvalue weighted by Crippen LogP contribution is 2.37. The highest BCUT2D eigenvalue weighted by molar-refractivity contribution is 5.97. The third kappa shape index (κ3) is 4.45. The Kier molecular flexibility index (Phi) is 5.91. The van der Waals surface area contributed by atoms with Crippen LogP contribution < -0.4 is 14.9 Å². The van der Waals surface area contributed by atoms with Crippen molar-refractivity contribution in [2.45, 2.75) is 6.61 Å². The fraction of sp³-hybridized carbons (Fsp3) is 0.0606. The fourth-order valence-electron chi connectivity index (χ4n) is 4.57. The van der Waals surface area contributed by atoms with Crippen molar-refractivity contribution in [2.75, 3.05) is 7.11 Å². The zero-order chi connectivity index (χ0) is 25.2. The molecule has 0 bridgehead atoms. The minimum absolute atomic E-state index is 0.0391.